The van der Waals surface area contributed by atoms with Gasteiger partial charge in [-0.15, -0.1) is 0 Å². The van der Waals surface area contributed by atoms with Crippen molar-refractivity contribution in [1.82, 2.24) is 20.1 Å². The van der Waals surface area contributed by atoms with Crippen LogP contribution >= 0.6 is 0 Å². The molecule has 8 nitrogen and oxygen atoms in total. The maximum Gasteiger partial charge on any atom is 0.242 e. The van der Waals surface area contributed by atoms with Crippen molar-refractivity contribution in [1.29, 1.82) is 0 Å². The molecular weight excluding hydrogens is 358 g/mol. The van der Waals surface area contributed by atoms with Gasteiger partial charge in [-0.2, -0.15) is 0 Å². The zero-order chi connectivity index (χ0) is 20.3. The minimum Gasteiger partial charge on any atom is -0.368 e. The Morgan fingerprint density at radius 3 is 2.46 bits per heavy atom. The topological polar surface area (TPSA) is 85.8 Å². The van der Waals surface area contributed by atoms with E-state index in [1.165, 1.54) is 6.92 Å². The van der Waals surface area contributed by atoms with Crippen LogP contribution in [0.15, 0.2) is 12.1 Å². The molecule has 3 amide bonds. The van der Waals surface area contributed by atoms with Crippen LogP contribution in [0.1, 0.15) is 44.1 Å². The van der Waals surface area contributed by atoms with E-state index in [2.05, 4.69) is 22.3 Å². The van der Waals surface area contributed by atoms with E-state index in [-0.39, 0.29) is 30.3 Å². The number of carbonyl (C=O) groups is 3. The molecule has 1 aromatic heterocycles. The summed E-state index contributed by atoms with van der Waals surface area (Å²) >= 11 is 0. The third kappa shape index (κ3) is 4.61. The molecule has 0 spiro atoms. The fourth-order valence-corrected chi connectivity index (χ4v) is 4.01. The van der Waals surface area contributed by atoms with E-state index in [0.717, 1.165) is 49.6 Å². The molecule has 28 heavy (non-hydrogen) atoms. The molecule has 2 aliphatic heterocycles. The second-order valence-electron chi connectivity index (χ2n) is 7.54. The number of rotatable bonds is 4. The molecule has 3 heterocycles. The minimum absolute atomic E-state index is 0.0514. The third-order valence-electron chi connectivity index (χ3n) is 5.44. The van der Waals surface area contributed by atoms with Gasteiger partial charge in [0.2, 0.25) is 17.7 Å². The number of piperazine rings is 1. The van der Waals surface area contributed by atoms with E-state index in [1.807, 2.05) is 11.8 Å². The number of hydrogen-bond donors (Lipinski definition) is 1. The van der Waals surface area contributed by atoms with Gasteiger partial charge in [0, 0.05) is 58.0 Å². The lowest BCUT2D eigenvalue weighted by Gasteiger charge is -2.36. The van der Waals surface area contributed by atoms with Crippen LogP contribution < -0.4 is 10.2 Å². The zero-order valence-corrected chi connectivity index (χ0v) is 16.9. The van der Waals surface area contributed by atoms with Gasteiger partial charge in [0.1, 0.15) is 0 Å². The van der Waals surface area contributed by atoms with E-state index in [4.69, 9.17) is 4.98 Å². The molecule has 3 rings (SSSR count). The number of nitrogens with zero attached hydrogens (tertiary/aromatic N) is 4. The standard InChI is InChI=1S/C20H29N5O3/c1-14-11-17(12-18(22-14)19-5-4-6-25(19)16(3)27)23-7-9-24(10-8-23)20(28)13-21-15(2)26/h11-12,19H,4-10,13H2,1-3H3,(H,21,26). The summed E-state index contributed by atoms with van der Waals surface area (Å²) in [7, 11) is 0. The van der Waals surface area contributed by atoms with Crippen LogP contribution in [0.2, 0.25) is 0 Å². The Kier molecular flexibility index (Phi) is 6.16. The molecule has 2 fully saturated rings. The highest BCUT2D eigenvalue weighted by molar-refractivity contribution is 5.83. The normalized spacial score (nSPS) is 19.7. The molecule has 0 aliphatic carbocycles. The Balaban J connectivity index is 1.67. The number of likely N-dealkylation sites (tertiary alicyclic amines) is 1. The van der Waals surface area contributed by atoms with Crippen LogP contribution in [0.5, 0.6) is 0 Å². The summed E-state index contributed by atoms with van der Waals surface area (Å²) in [5.74, 6) is -0.151. The molecule has 2 aliphatic rings. The first-order valence-electron chi connectivity index (χ1n) is 9.88. The summed E-state index contributed by atoms with van der Waals surface area (Å²) in [4.78, 5) is 45.7. The van der Waals surface area contributed by atoms with Crippen LogP contribution in [0.3, 0.4) is 0 Å². The molecule has 8 heteroatoms. The lowest BCUT2D eigenvalue weighted by Crippen LogP contribution is -2.51. The maximum absolute atomic E-state index is 12.2. The van der Waals surface area contributed by atoms with Crippen LogP contribution in [-0.2, 0) is 14.4 Å². The molecule has 0 radical (unpaired) electrons. The van der Waals surface area contributed by atoms with Crippen molar-refractivity contribution < 1.29 is 14.4 Å². The van der Waals surface area contributed by atoms with Crippen molar-refractivity contribution in [3.8, 4) is 0 Å². The van der Waals surface area contributed by atoms with Gasteiger partial charge in [-0.1, -0.05) is 0 Å². The first-order chi connectivity index (χ1) is 13.3. The summed E-state index contributed by atoms with van der Waals surface area (Å²) in [6.45, 7) is 8.56. The molecule has 0 saturated carbocycles. The average Bonchev–Trinajstić information content (AvgIpc) is 3.16. The van der Waals surface area contributed by atoms with E-state index in [0.29, 0.717) is 13.1 Å². The molecule has 1 N–H and O–H groups in total. The molecule has 0 aromatic carbocycles. The quantitative estimate of drug-likeness (QED) is 0.828. The highest BCUT2D eigenvalue weighted by atomic mass is 16.2. The van der Waals surface area contributed by atoms with Gasteiger partial charge in [0.15, 0.2) is 0 Å². The van der Waals surface area contributed by atoms with E-state index >= 15 is 0 Å². The fourth-order valence-electron chi connectivity index (χ4n) is 4.01. The van der Waals surface area contributed by atoms with Crippen molar-refractivity contribution in [3.05, 3.63) is 23.5 Å². The van der Waals surface area contributed by atoms with Crippen LogP contribution in [-0.4, -0.2) is 71.8 Å². The largest absolute Gasteiger partial charge is 0.368 e. The predicted molar refractivity (Wildman–Crippen MR) is 106 cm³/mol. The number of aromatic nitrogens is 1. The van der Waals surface area contributed by atoms with E-state index < -0.39 is 0 Å². The molecular formula is C20H29N5O3. The molecule has 1 unspecified atom stereocenters. The van der Waals surface area contributed by atoms with Crippen LogP contribution in [0.4, 0.5) is 5.69 Å². The summed E-state index contributed by atoms with van der Waals surface area (Å²) in [6.07, 6.45) is 1.95. The van der Waals surface area contributed by atoms with E-state index in [1.54, 1.807) is 11.8 Å². The lowest BCUT2D eigenvalue weighted by molar-refractivity contribution is -0.132. The van der Waals surface area contributed by atoms with Crippen molar-refractivity contribution in [3.63, 3.8) is 0 Å². The molecule has 2 saturated heterocycles. The Morgan fingerprint density at radius 2 is 1.82 bits per heavy atom. The first kappa shape index (κ1) is 20.1. The van der Waals surface area contributed by atoms with Crippen molar-refractivity contribution in [2.45, 2.75) is 39.7 Å². The van der Waals surface area contributed by atoms with Gasteiger partial charge >= 0.3 is 0 Å². The molecule has 1 aromatic rings. The van der Waals surface area contributed by atoms with Gasteiger partial charge in [-0.05, 0) is 31.9 Å². The molecule has 0 bridgehead atoms. The highest BCUT2D eigenvalue weighted by Crippen LogP contribution is 2.33. The van der Waals surface area contributed by atoms with Crippen molar-refractivity contribution >= 4 is 23.4 Å². The monoisotopic (exact) mass is 387 g/mol. The number of hydrogen-bond acceptors (Lipinski definition) is 5. The minimum atomic E-state index is -0.196. The predicted octanol–water partition coefficient (Wildman–Crippen LogP) is 0.858. The highest BCUT2D eigenvalue weighted by Gasteiger charge is 2.30. The molecule has 152 valence electrons. The second-order valence-corrected chi connectivity index (χ2v) is 7.54. The Bertz CT molecular complexity index is 758. The number of aryl methyl sites for hydroxylation is 1. The maximum atomic E-state index is 12.2. The number of carbonyl (C=O) groups excluding carboxylic acids is 3. The van der Waals surface area contributed by atoms with Gasteiger partial charge in [-0.25, -0.2) is 0 Å². The first-order valence-corrected chi connectivity index (χ1v) is 9.88. The van der Waals surface area contributed by atoms with Gasteiger partial charge < -0.3 is 20.0 Å². The summed E-state index contributed by atoms with van der Waals surface area (Å²) in [5.41, 5.74) is 2.98. The molecule has 1 atom stereocenters. The second kappa shape index (κ2) is 8.58. The average molecular weight is 387 g/mol. The Hall–Kier alpha value is -2.64. The number of nitrogens with one attached hydrogen (secondary N) is 1. The zero-order valence-electron chi connectivity index (χ0n) is 16.9. The third-order valence-corrected chi connectivity index (χ3v) is 5.44. The Labute approximate surface area is 165 Å². The number of amides is 3. The van der Waals surface area contributed by atoms with Crippen LogP contribution in [0, 0.1) is 6.92 Å². The number of anilines is 1. The summed E-state index contributed by atoms with van der Waals surface area (Å²) < 4.78 is 0. The SMILES string of the molecule is CC(=O)NCC(=O)N1CCN(c2cc(C)nc(C3CCCN3C(C)=O)c2)CC1. The summed E-state index contributed by atoms with van der Waals surface area (Å²) in [6, 6.07) is 4.20. The van der Waals surface area contributed by atoms with Gasteiger partial charge in [-0.3, -0.25) is 19.4 Å². The van der Waals surface area contributed by atoms with Gasteiger partial charge in [0.05, 0.1) is 18.3 Å². The lowest BCUT2D eigenvalue weighted by atomic mass is 10.1. The van der Waals surface area contributed by atoms with Crippen molar-refractivity contribution in [2.24, 2.45) is 0 Å². The summed E-state index contributed by atoms with van der Waals surface area (Å²) in [5, 5.41) is 2.56. The smallest absolute Gasteiger partial charge is 0.242 e. The van der Waals surface area contributed by atoms with Gasteiger partial charge in [0.25, 0.3) is 0 Å². The fraction of sp³-hybridized carbons (Fsp3) is 0.600. The number of pyridine rings is 1. The Morgan fingerprint density at radius 1 is 1.11 bits per heavy atom. The van der Waals surface area contributed by atoms with Crippen LogP contribution in [0.25, 0.3) is 0 Å². The van der Waals surface area contributed by atoms with Crippen molar-refractivity contribution in [2.75, 3.05) is 44.2 Å². The van der Waals surface area contributed by atoms with E-state index in [9.17, 15) is 14.4 Å².